The van der Waals surface area contributed by atoms with Crippen LogP contribution >= 0.6 is 23.2 Å². The molecule has 1 atom stereocenters. The largest absolute Gasteiger partial charge is 0.465 e. The Labute approximate surface area is 195 Å². The average Bonchev–Trinajstić information content (AvgIpc) is 2.80. The number of rotatable bonds is 7. The van der Waals surface area contributed by atoms with Crippen LogP contribution in [0.15, 0.2) is 54.7 Å². The summed E-state index contributed by atoms with van der Waals surface area (Å²) in [5.41, 5.74) is 8.53. The molecule has 1 amide bonds. The molecule has 1 heterocycles. The molecule has 0 aliphatic heterocycles. The van der Waals surface area contributed by atoms with Crippen molar-refractivity contribution in [3.63, 3.8) is 0 Å². The van der Waals surface area contributed by atoms with E-state index in [-0.39, 0.29) is 18.5 Å². The quantitative estimate of drug-likeness (QED) is 0.421. The molecule has 0 bridgehead atoms. The van der Waals surface area contributed by atoms with E-state index >= 15 is 0 Å². The minimum atomic E-state index is -0.496. The van der Waals surface area contributed by atoms with Gasteiger partial charge in [0.05, 0.1) is 35.3 Å². The molecule has 166 valence electrons. The lowest BCUT2D eigenvalue weighted by molar-refractivity contribution is -0.114. The van der Waals surface area contributed by atoms with Crippen molar-refractivity contribution >= 4 is 46.6 Å². The predicted octanol–water partition coefficient (Wildman–Crippen LogP) is 4.91. The lowest BCUT2D eigenvalue weighted by atomic mass is 9.97. The highest BCUT2D eigenvalue weighted by molar-refractivity contribution is 6.34. The summed E-state index contributed by atoms with van der Waals surface area (Å²) in [7, 11) is 1.32. The van der Waals surface area contributed by atoms with Gasteiger partial charge in [-0.3, -0.25) is 4.79 Å². The Morgan fingerprint density at radius 1 is 1.09 bits per heavy atom. The van der Waals surface area contributed by atoms with Crippen LogP contribution < -0.4 is 16.4 Å². The van der Waals surface area contributed by atoms with Crippen molar-refractivity contribution in [2.45, 2.75) is 13.0 Å². The van der Waals surface area contributed by atoms with E-state index in [0.717, 1.165) is 11.1 Å². The molecule has 0 spiro atoms. The van der Waals surface area contributed by atoms with E-state index in [2.05, 4.69) is 15.6 Å². The van der Waals surface area contributed by atoms with Crippen LogP contribution in [0.2, 0.25) is 10.0 Å². The number of anilines is 2. The van der Waals surface area contributed by atoms with Crippen molar-refractivity contribution in [1.82, 2.24) is 4.98 Å². The molecule has 7 nitrogen and oxygen atoms in total. The number of benzene rings is 2. The molecule has 3 rings (SSSR count). The number of esters is 1. The topological polar surface area (TPSA) is 106 Å². The van der Waals surface area contributed by atoms with Gasteiger partial charge < -0.3 is 21.1 Å². The molecule has 32 heavy (non-hydrogen) atoms. The number of halogens is 2. The van der Waals surface area contributed by atoms with Gasteiger partial charge in [-0.1, -0.05) is 59.6 Å². The van der Waals surface area contributed by atoms with Crippen molar-refractivity contribution in [2.24, 2.45) is 5.73 Å². The molecule has 3 aromatic rings. The van der Waals surface area contributed by atoms with E-state index in [1.165, 1.54) is 7.11 Å². The van der Waals surface area contributed by atoms with Gasteiger partial charge in [0.15, 0.2) is 5.82 Å². The fourth-order valence-corrected chi connectivity index (χ4v) is 3.62. The Hall–Kier alpha value is -3.13. The molecule has 0 fully saturated rings. The van der Waals surface area contributed by atoms with Gasteiger partial charge in [-0.15, -0.1) is 0 Å². The molecule has 0 aliphatic rings. The van der Waals surface area contributed by atoms with Crippen LogP contribution in [0.5, 0.6) is 0 Å². The molecule has 1 aromatic heterocycles. The van der Waals surface area contributed by atoms with Crippen LogP contribution in [0, 0.1) is 0 Å². The Balaban J connectivity index is 1.86. The number of aromatic nitrogens is 1. The lowest BCUT2D eigenvalue weighted by Crippen LogP contribution is -2.23. The summed E-state index contributed by atoms with van der Waals surface area (Å²) in [4.78, 5) is 28.2. The zero-order valence-corrected chi connectivity index (χ0v) is 19.0. The number of nitrogens with two attached hydrogens (primary N) is 1. The van der Waals surface area contributed by atoms with E-state index in [4.69, 9.17) is 33.7 Å². The van der Waals surface area contributed by atoms with Crippen LogP contribution in [0.3, 0.4) is 0 Å². The van der Waals surface area contributed by atoms with Gasteiger partial charge in [0.2, 0.25) is 5.91 Å². The average molecular weight is 473 g/mol. The molecule has 4 N–H and O–H groups in total. The van der Waals surface area contributed by atoms with E-state index in [9.17, 15) is 9.59 Å². The van der Waals surface area contributed by atoms with Gasteiger partial charge in [-0.25, -0.2) is 9.78 Å². The molecule has 2 aromatic carbocycles. The Morgan fingerprint density at radius 3 is 2.47 bits per heavy atom. The summed E-state index contributed by atoms with van der Waals surface area (Å²) in [5.74, 6) is -0.439. The first-order valence-corrected chi connectivity index (χ1v) is 10.5. The van der Waals surface area contributed by atoms with Gasteiger partial charge in [-0.2, -0.15) is 0 Å². The van der Waals surface area contributed by atoms with Crippen LogP contribution in [0.1, 0.15) is 28.9 Å². The molecular formula is C23H22Cl2N4O3. The van der Waals surface area contributed by atoms with Crippen LogP contribution in [-0.4, -0.2) is 30.5 Å². The number of nitrogens with zero attached hydrogens (tertiary/aromatic N) is 1. The summed E-state index contributed by atoms with van der Waals surface area (Å²) >= 11 is 12.5. The van der Waals surface area contributed by atoms with E-state index in [1.54, 1.807) is 24.4 Å². The van der Waals surface area contributed by atoms with Crippen molar-refractivity contribution in [2.75, 3.05) is 24.3 Å². The third kappa shape index (κ3) is 5.19. The fraction of sp³-hybridized carbons (Fsp3) is 0.174. The highest BCUT2D eigenvalue weighted by atomic mass is 35.5. The van der Waals surface area contributed by atoms with Gasteiger partial charge in [-0.05, 0) is 35.7 Å². The summed E-state index contributed by atoms with van der Waals surface area (Å²) < 4.78 is 4.88. The first-order valence-electron chi connectivity index (χ1n) is 9.73. The number of carbonyl (C=O) groups is 2. The Kier molecular flexibility index (Phi) is 7.69. The van der Waals surface area contributed by atoms with Crippen LogP contribution in [0.4, 0.5) is 11.5 Å². The second-order valence-electron chi connectivity index (χ2n) is 6.91. The zero-order valence-electron chi connectivity index (χ0n) is 17.5. The Morgan fingerprint density at radius 2 is 1.81 bits per heavy atom. The molecular weight excluding hydrogens is 451 g/mol. The number of ether oxygens (including phenoxy) is 1. The van der Waals surface area contributed by atoms with E-state index < -0.39 is 5.97 Å². The molecule has 0 saturated carbocycles. The number of amides is 1. The zero-order chi connectivity index (χ0) is 23.3. The number of methoxy groups -OCH3 is 1. The van der Waals surface area contributed by atoms with Gasteiger partial charge in [0, 0.05) is 6.20 Å². The first kappa shape index (κ1) is 23.5. The molecule has 0 unspecified atom stereocenters. The lowest BCUT2D eigenvalue weighted by Gasteiger charge is -2.19. The number of pyridine rings is 1. The fourth-order valence-electron chi connectivity index (χ4n) is 3.17. The SMILES string of the molecule is COC(=O)c1c(Cl)cccc1-c1ccc([C@@H](C)Nc2nccc(Cl)c2NC(=O)CN)cc1. The maximum Gasteiger partial charge on any atom is 0.340 e. The minimum Gasteiger partial charge on any atom is -0.465 e. The third-order valence-electron chi connectivity index (χ3n) is 4.83. The highest BCUT2D eigenvalue weighted by Gasteiger charge is 2.18. The molecule has 0 radical (unpaired) electrons. The van der Waals surface area contributed by atoms with Crippen LogP contribution in [0.25, 0.3) is 11.1 Å². The van der Waals surface area contributed by atoms with Gasteiger partial charge in [0.1, 0.15) is 5.69 Å². The van der Waals surface area contributed by atoms with Crippen molar-refractivity contribution in [1.29, 1.82) is 0 Å². The summed E-state index contributed by atoms with van der Waals surface area (Å²) in [6, 6.07) is 14.3. The molecule has 0 aliphatic carbocycles. The van der Waals surface area contributed by atoms with Gasteiger partial charge in [0.25, 0.3) is 0 Å². The summed E-state index contributed by atoms with van der Waals surface area (Å²) in [6.07, 6.45) is 1.55. The second-order valence-corrected chi connectivity index (χ2v) is 7.73. The number of hydrogen-bond acceptors (Lipinski definition) is 6. The van der Waals surface area contributed by atoms with Gasteiger partial charge >= 0.3 is 5.97 Å². The maximum absolute atomic E-state index is 12.2. The van der Waals surface area contributed by atoms with E-state index in [1.807, 2.05) is 37.3 Å². The molecule has 9 heteroatoms. The minimum absolute atomic E-state index is 0.164. The first-order chi connectivity index (χ1) is 15.3. The summed E-state index contributed by atoms with van der Waals surface area (Å²) in [5, 5.41) is 6.60. The summed E-state index contributed by atoms with van der Waals surface area (Å²) in [6.45, 7) is 1.78. The highest BCUT2D eigenvalue weighted by Crippen LogP contribution is 2.33. The van der Waals surface area contributed by atoms with Crippen molar-refractivity contribution < 1.29 is 14.3 Å². The van der Waals surface area contributed by atoms with Crippen molar-refractivity contribution in [3.8, 4) is 11.1 Å². The van der Waals surface area contributed by atoms with Crippen molar-refractivity contribution in [3.05, 3.63) is 75.9 Å². The van der Waals surface area contributed by atoms with E-state index in [0.29, 0.717) is 32.7 Å². The second kappa shape index (κ2) is 10.5. The van der Waals surface area contributed by atoms with Crippen LogP contribution in [-0.2, 0) is 9.53 Å². The monoisotopic (exact) mass is 472 g/mol. The maximum atomic E-state index is 12.2. The number of hydrogen-bond donors (Lipinski definition) is 3. The Bertz CT molecular complexity index is 1140. The normalized spacial score (nSPS) is 11.5. The number of carbonyl (C=O) groups excluding carboxylic acids is 2. The number of nitrogens with one attached hydrogen (secondary N) is 2. The predicted molar refractivity (Wildman–Crippen MR) is 127 cm³/mol. The standard InChI is InChI=1S/C23H22Cl2N4O3/c1-13(28-22-21(29-19(30)12-26)18(25)10-11-27-22)14-6-8-15(9-7-14)16-4-3-5-17(24)20(16)23(31)32-2/h3-11,13H,12,26H2,1-2H3,(H,27,28)(H,29,30)/t13-/m1/s1. The molecule has 0 saturated heterocycles. The smallest absolute Gasteiger partial charge is 0.340 e. The third-order valence-corrected chi connectivity index (χ3v) is 5.46.